The zero-order valence-electron chi connectivity index (χ0n) is 9.74. The van der Waals surface area contributed by atoms with Gasteiger partial charge in [0.15, 0.2) is 0 Å². The van der Waals surface area contributed by atoms with Crippen molar-refractivity contribution in [3.8, 4) is 5.75 Å². The van der Waals surface area contributed by atoms with E-state index < -0.39 is 0 Å². The molecule has 0 aliphatic carbocycles. The Kier molecular flexibility index (Phi) is 5.64. The highest BCUT2D eigenvalue weighted by molar-refractivity contribution is 5.85. The average molecular weight is 242 g/mol. The summed E-state index contributed by atoms with van der Waals surface area (Å²) in [5.41, 5.74) is 1.39. The van der Waals surface area contributed by atoms with Crippen molar-refractivity contribution in [1.82, 2.24) is 5.32 Å². The van der Waals surface area contributed by atoms with Gasteiger partial charge in [-0.3, -0.25) is 0 Å². The van der Waals surface area contributed by atoms with Gasteiger partial charge in [-0.15, -0.1) is 12.4 Å². The first-order valence-corrected chi connectivity index (χ1v) is 5.86. The fourth-order valence-electron chi connectivity index (χ4n) is 2.10. The van der Waals surface area contributed by atoms with Gasteiger partial charge in [-0.05, 0) is 44.0 Å². The van der Waals surface area contributed by atoms with E-state index >= 15 is 0 Å². The molecule has 1 aliphatic rings. The summed E-state index contributed by atoms with van der Waals surface area (Å²) in [6.07, 6.45) is 3.91. The summed E-state index contributed by atoms with van der Waals surface area (Å²) in [4.78, 5) is 0. The van der Waals surface area contributed by atoms with Crippen molar-refractivity contribution in [3.05, 3.63) is 29.8 Å². The van der Waals surface area contributed by atoms with Gasteiger partial charge in [0.25, 0.3) is 0 Å². The molecule has 0 spiro atoms. The molecule has 1 aromatic rings. The van der Waals surface area contributed by atoms with Gasteiger partial charge in [0, 0.05) is 6.04 Å². The van der Waals surface area contributed by atoms with E-state index in [1.54, 1.807) is 0 Å². The molecule has 1 aliphatic heterocycles. The van der Waals surface area contributed by atoms with Crippen LogP contribution in [0.25, 0.3) is 0 Å². The van der Waals surface area contributed by atoms with Crippen LogP contribution in [0.4, 0.5) is 0 Å². The van der Waals surface area contributed by atoms with Crippen LogP contribution in [0.1, 0.15) is 37.8 Å². The summed E-state index contributed by atoms with van der Waals surface area (Å²) in [6.45, 7) is 3.90. The van der Waals surface area contributed by atoms with E-state index in [0.717, 1.165) is 18.9 Å². The molecule has 0 saturated carbocycles. The zero-order valence-corrected chi connectivity index (χ0v) is 10.6. The Labute approximate surface area is 104 Å². The molecule has 2 nitrogen and oxygen atoms in total. The highest BCUT2D eigenvalue weighted by Gasteiger charge is 2.13. The highest BCUT2D eigenvalue weighted by Crippen LogP contribution is 2.24. The molecule has 1 heterocycles. The number of hydrogen-bond acceptors (Lipinski definition) is 2. The molecule has 3 heteroatoms. The van der Waals surface area contributed by atoms with Gasteiger partial charge in [-0.25, -0.2) is 0 Å². The van der Waals surface area contributed by atoms with Crippen LogP contribution in [0.2, 0.25) is 0 Å². The summed E-state index contributed by atoms with van der Waals surface area (Å²) in [5.74, 6) is 0.969. The number of piperidine rings is 1. The lowest BCUT2D eigenvalue weighted by atomic mass is 9.98. The monoisotopic (exact) mass is 241 g/mol. The molecule has 0 bridgehead atoms. The second-order valence-corrected chi connectivity index (χ2v) is 4.00. The van der Waals surface area contributed by atoms with Crippen molar-refractivity contribution in [1.29, 1.82) is 0 Å². The van der Waals surface area contributed by atoms with Crippen molar-refractivity contribution in [2.24, 2.45) is 0 Å². The molecule has 1 atom stereocenters. The molecule has 1 saturated heterocycles. The third-order valence-electron chi connectivity index (χ3n) is 2.90. The van der Waals surface area contributed by atoms with Crippen molar-refractivity contribution < 1.29 is 4.74 Å². The number of rotatable bonds is 3. The molecule has 2 rings (SSSR count). The van der Waals surface area contributed by atoms with Crippen LogP contribution in [0.3, 0.4) is 0 Å². The Morgan fingerprint density at radius 2 is 2.00 bits per heavy atom. The molecule has 90 valence electrons. The van der Waals surface area contributed by atoms with Crippen molar-refractivity contribution in [2.75, 3.05) is 13.2 Å². The second-order valence-electron chi connectivity index (χ2n) is 4.00. The molecule has 1 fully saturated rings. The fourth-order valence-corrected chi connectivity index (χ4v) is 2.10. The minimum Gasteiger partial charge on any atom is -0.494 e. The lowest BCUT2D eigenvalue weighted by molar-refractivity contribution is 0.339. The SMILES string of the molecule is CCOc1ccc(C2CCCCN2)cc1.Cl. The third-order valence-corrected chi connectivity index (χ3v) is 2.90. The van der Waals surface area contributed by atoms with Gasteiger partial charge in [0.2, 0.25) is 0 Å². The largest absolute Gasteiger partial charge is 0.494 e. The Hall–Kier alpha value is -0.730. The predicted octanol–water partition coefficient (Wildman–Crippen LogP) is 3.32. The van der Waals surface area contributed by atoms with Gasteiger partial charge < -0.3 is 10.1 Å². The quantitative estimate of drug-likeness (QED) is 0.877. The first kappa shape index (κ1) is 13.3. The minimum absolute atomic E-state index is 0. The lowest BCUT2D eigenvalue weighted by Gasteiger charge is -2.23. The van der Waals surface area contributed by atoms with E-state index in [1.165, 1.54) is 24.8 Å². The van der Waals surface area contributed by atoms with Gasteiger partial charge in [0.05, 0.1) is 6.61 Å². The Morgan fingerprint density at radius 3 is 2.56 bits per heavy atom. The van der Waals surface area contributed by atoms with E-state index in [2.05, 4.69) is 29.6 Å². The second kappa shape index (κ2) is 6.77. The minimum atomic E-state index is 0. The molecule has 0 aromatic heterocycles. The van der Waals surface area contributed by atoms with E-state index in [9.17, 15) is 0 Å². The van der Waals surface area contributed by atoms with Crippen LogP contribution in [0.15, 0.2) is 24.3 Å². The first-order valence-electron chi connectivity index (χ1n) is 5.86. The molecule has 0 radical (unpaired) electrons. The standard InChI is InChI=1S/C13H19NO.ClH/c1-2-15-12-8-6-11(7-9-12)13-5-3-4-10-14-13;/h6-9,13-14H,2-5,10H2,1H3;1H. The molecule has 1 N–H and O–H groups in total. The van der Waals surface area contributed by atoms with Gasteiger partial charge in [-0.2, -0.15) is 0 Å². The summed E-state index contributed by atoms with van der Waals surface area (Å²) in [6, 6.07) is 9.03. The molecular weight excluding hydrogens is 222 g/mol. The highest BCUT2D eigenvalue weighted by atomic mass is 35.5. The number of benzene rings is 1. The predicted molar refractivity (Wildman–Crippen MR) is 69.5 cm³/mol. The summed E-state index contributed by atoms with van der Waals surface area (Å²) in [7, 11) is 0. The van der Waals surface area contributed by atoms with Crippen molar-refractivity contribution >= 4 is 12.4 Å². The number of hydrogen-bond donors (Lipinski definition) is 1. The van der Waals surface area contributed by atoms with Gasteiger partial charge in [0.1, 0.15) is 5.75 Å². The Balaban J connectivity index is 0.00000128. The van der Waals surface area contributed by atoms with E-state index in [1.807, 2.05) is 6.92 Å². The van der Waals surface area contributed by atoms with E-state index in [4.69, 9.17) is 4.74 Å². The first-order chi connectivity index (χ1) is 7.40. The van der Waals surface area contributed by atoms with Crippen LogP contribution >= 0.6 is 12.4 Å². The number of halogens is 1. The topological polar surface area (TPSA) is 21.3 Å². The smallest absolute Gasteiger partial charge is 0.119 e. The van der Waals surface area contributed by atoms with Gasteiger partial charge in [-0.1, -0.05) is 18.6 Å². The molecule has 1 aromatic carbocycles. The average Bonchev–Trinajstić information content (AvgIpc) is 2.32. The summed E-state index contributed by atoms with van der Waals surface area (Å²) in [5, 5.41) is 3.55. The van der Waals surface area contributed by atoms with Crippen molar-refractivity contribution in [2.45, 2.75) is 32.2 Å². The Morgan fingerprint density at radius 1 is 1.25 bits per heavy atom. The molecule has 16 heavy (non-hydrogen) atoms. The van der Waals surface area contributed by atoms with Crippen LogP contribution in [0.5, 0.6) is 5.75 Å². The zero-order chi connectivity index (χ0) is 10.5. The Bertz CT molecular complexity index is 293. The van der Waals surface area contributed by atoms with Gasteiger partial charge >= 0.3 is 0 Å². The van der Waals surface area contributed by atoms with Crippen LogP contribution < -0.4 is 10.1 Å². The van der Waals surface area contributed by atoms with Crippen LogP contribution in [0, 0.1) is 0 Å². The van der Waals surface area contributed by atoms with Crippen LogP contribution in [-0.2, 0) is 0 Å². The maximum Gasteiger partial charge on any atom is 0.119 e. The van der Waals surface area contributed by atoms with Crippen LogP contribution in [-0.4, -0.2) is 13.2 Å². The molecular formula is C13H20ClNO. The molecule has 0 amide bonds. The summed E-state index contributed by atoms with van der Waals surface area (Å²) < 4.78 is 5.43. The number of nitrogens with one attached hydrogen (secondary N) is 1. The van der Waals surface area contributed by atoms with Crippen molar-refractivity contribution in [3.63, 3.8) is 0 Å². The third kappa shape index (κ3) is 3.39. The molecule has 1 unspecified atom stereocenters. The normalized spacial score (nSPS) is 19.9. The van der Waals surface area contributed by atoms with E-state index in [-0.39, 0.29) is 12.4 Å². The van der Waals surface area contributed by atoms with E-state index in [0.29, 0.717) is 6.04 Å². The lowest BCUT2D eigenvalue weighted by Crippen LogP contribution is -2.26. The number of ether oxygens (including phenoxy) is 1. The maximum atomic E-state index is 5.43. The summed E-state index contributed by atoms with van der Waals surface area (Å²) >= 11 is 0. The fraction of sp³-hybridized carbons (Fsp3) is 0.538. The maximum absolute atomic E-state index is 5.43.